The molecule has 0 bridgehead atoms. The fourth-order valence-corrected chi connectivity index (χ4v) is 0. The molecule has 0 saturated carbocycles. The molecule has 0 N–H and O–H groups in total. The summed E-state index contributed by atoms with van der Waals surface area (Å²) in [6.45, 7) is 0. The van der Waals surface area contributed by atoms with E-state index in [0.717, 1.165) is 0 Å². The van der Waals surface area contributed by atoms with Gasteiger partial charge in [-0.05, 0) is 0 Å². The molecule has 0 aromatic carbocycles. The van der Waals surface area contributed by atoms with Crippen LogP contribution in [0.2, 0.25) is 0 Å². The molecular weight excluding hydrogens is 473 g/mol. The molecule has 0 rings (SSSR count). The average Bonchev–Trinajstić information content (AvgIpc) is 1.41. The van der Waals surface area contributed by atoms with Crippen LogP contribution in [0, 0.1) is 0 Å². The summed E-state index contributed by atoms with van der Waals surface area (Å²) in [5.74, 6) is 0. The SMILES string of the molecule is CS(=O)(=O)[O-].CS(=O)(=O)[O-].CS(=O)(=O)[O-].[Au+3]. The Kier molecular flexibility index (Phi) is 15.0. The van der Waals surface area contributed by atoms with Gasteiger partial charge in [0.25, 0.3) is 0 Å². The first-order chi connectivity index (χ1) is 6.00. The van der Waals surface area contributed by atoms with Crippen molar-refractivity contribution in [3.8, 4) is 0 Å². The van der Waals surface area contributed by atoms with Gasteiger partial charge in [-0.15, -0.1) is 0 Å². The van der Waals surface area contributed by atoms with Gasteiger partial charge >= 0.3 is 22.4 Å². The number of rotatable bonds is 0. The molecule has 0 aromatic rings. The van der Waals surface area contributed by atoms with Crippen LogP contribution in [0.4, 0.5) is 0 Å². The minimum atomic E-state index is -3.92. The maximum Gasteiger partial charge on any atom is 3.00 e. The summed E-state index contributed by atoms with van der Waals surface area (Å²) in [4.78, 5) is 0. The fraction of sp³-hybridized carbons (Fsp3) is 1.00. The van der Waals surface area contributed by atoms with E-state index in [2.05, 4.69) is 0 Å². The molecule has 0 unspecified atom stereocenters. The summed E-state index contributed by atoms with van der Waals surface area (Å²) in [6, 6.07) is 0. The van der Waals surface area contributed by atoms with Gasteiger partial charge in [0.2, 0.25) is 0 Å². The van der Waals surface area contributed by atoms with Crippen molar-refractivity contribution < 1.29 is 61.3 Å². The first-order valence-corrected chi connectivity index (χ1v) is 8.17. The summed E-state index contributed by atoms with van der Waals surface area (Å²) in [7, 11) is -11.8. The van der Waals surface area contributed by atoms with Gasteiger partial charge in [0.1, 0.15) is 0 Å². The second-order valence-corrected chi connectivity index (χ2v) is 6.34. The van der Waals surface area contributed by atoms with E-state index in [1.165, 1.54) is 0 Å². The van der Waals surface area contributed by atoms with Crippen molar-refractivity contribution in [1.82, 2.24) is 0 Å². The molecule has 0 fully saturated rings. The number of hydrogen-bond donors (Lipinski definition) is 0. The molecule has 13 heteroatoms. The van der Waals surface area contributed by atoms with Gasteiger partial charge in [0, 0.05) is 18.8 Å². The van der Waals surface area contributed by atoms with Crippen LogP contribution < -0.4 is 0 Å². The first-order valence-electron chi connectivity index (χ1n) is 2.72. The third kappa shape index (κ3) is 11900. The fourth-order valence-electron chi connectivity index (χ4n) is 0. The van der Waals surface area contributed by atoms with Gasteiger partial charge in [0.15, 0.2) is 0 Å². The molecule has 0 aliphatic rings. The molecular formula is C3H9AuO9S3. The molecule has 0 radical (unpaired) electrons. The Bertz CT molecular complexity index is 347. The van der Waals surface area contributed by atoms with Crippen molar-refractivity contribution in [3.63, 3.8) is 0 Å². The van der Waals surface area contributed by atoms with Crippen LogP contribution in [0.25, 0.3) is 0 Å². The Balaban J connectivity index is -0.0000000655. The van der Waals surface area contributed by atoms with Crippen LogP contribution in [-0.4, -0.2) is 57.7 Å². The van der Waals surface area contributed by atoms with E-state index in [1.807, 2.05) is 0 Å². The van der Waals surface area contributed by atoms with E-state index >= 15 is 0 Å². The topological polar surface area (TPSA) is 172 Å². The quantitative estimate of drug-likeness (QED) is 0.267. The summed E-state index contributed by atoms with van der Waals surface area (Å²) < 4.78 is 81.7. The molecule has 0 amide bonds. The van der Waals surface area contributed by atoms with Gasteiger partial charge < -0.3 is 13.7 Å². The molecule has 0 heterocycles. The van der Waals surface area contributed by atoms with Crippen LogP contribution in [0.15, 0.2) is 0 Å². The molecule has 0 aromatic heterocycles. The van der Waals surface area contributed by atoms with Crippen LogP contribution >= 0.6 is 0 Å². The van der Waals surface area contributed by atoms with E-state index in [-0.39, 0.29) is 22.4 Å². The minimum Gasteiger partial charge on any atom is -0.748 e. The Morgan fingerprint density at radius 2 is 0.562 bits per heavy atom. The van der Waals surface area contributed by atoms with Gasteiger partial charge in [-0.25, -0.2) is 25.3 Å². The third-order valence-corrected chi connectivity index (χ3v) is 0. The molecule has 0 saturated heterocycles. The molecule has 0 aliphatic carbocycles. The Morgan fingerprint density at radius 3 is 0.562 bits per heavy atom. The third-order valence-electron chi connectivity index (χ3n) is 0. The van der Waals surface area contributed by atoms with E-state index in [9.17, 15) is 0 Å². The summed E-state index contributed by atoms with van der Waals surface area (Å²) in [6.07, 6.45) is 1.81. The van der Waals surface area contributed by atoms with Crippen molar-refractivity contribution in [2.75, 3.05) is 18.8 Å². The predicted octanol–water partition coefficient (Wildman–Crippen LogP) is -2.52. The monoisotopic (exact) mass is 482 g/mol. The van der Waals surface area contributed by atoms with Crippen molar-refractivity contribution in [1.29, 1.82) is 0 Å². The summed E-state index contributed by atoms with van der Waals surface area (Å²) >= 11 is 0. The Hall–Kier alpha value is 0.470. The molecule has 104 valence electrons. The van der Waals surface area contributed by atoms with Crippen LogP contribution in [0.5, 0.6) is 0 Å². The van der Waals surface area contributed by atoms with Gasteiger partial charge in [-0.3, -0.25) is 0 Å². The second kappa shape index (κ2) is 9.50. The first kappa shape index (κ1) is 25.3. The normalized spacial score (nSPS) is 10.9. The number of hydrogen-bond acceptors (Lipinski definition) is 9. The zero-order valence-corrected chi connectivity index (χ0v) is 12.8. The van der Waals surface area contributed by atoms with E-state index in [1.54, 1.807) is 0 Å². The zero-order valence-electron chi connectivity index (χ0n) is 8.20. The zero-order chi connectivity index (χ0) is 13.5. The molecule has 9 nitrogen and oxygen atoms in total. The van der Waals surface area contributed by atoms with Gasteiger partial charge in [0.05, 0.1) is 30.4 Å². The van der Waals surface area contributed by atoms with Crippen LogP contribution in [0.3, 0.4) is 0 Å². The predicted molar refractivity (Wildman–Crippen MR) is 46.9 cm³/mol. The molecule has 0 spiro atoms. The molecule has 16 heavy (non-hydrogen) atoms. The summed E-state index contributed by atoms with van der Waals surface area (Å²) in [5, 5.41) is 0. The van der Waals surface area contributed by atoms with Gasteiger partial charge in [-0.1, -0.05) is 0 Å². The van der Waals surface area contributed by atoms with Gasteiger partial charge in [-0.2, -0.15) is 0 Å². The maximum absolute atomic E-state index is 9.08. The average molecular weight is 482 g/mol. The smallest absolute Gasteiger partial charge is 0.748 e. The van der Waals surface area contributed by atoms with E-state index in [0.29, 0.717) is 18.8 Å². The van der Waals surface area contributed by atoms with E-state index in [4.69, 9.17) is 38.9 Å². The Morgan fingerprint density at radius 1 is 0.562 bits per heavy atom. The molecule has 0 atom stereocenters. The molecule has 0 aliphatic heterocycles. The van der Waals surface area contributed by atoms with Crippen molar-refractivity contribution in [3.05, 3.63) is 0 Å². The standard InChI is InChI=1S/3CH4O3S.Au/c3*1-5(2,3)4;/h3*1H3,(H,2,3,4);/q;;;+3/p-3. The van der Waals surface area contributed by atoms with Crippen LogP contribution in [0.1, 0.15) is 0 Å². The van der Waals surface area contributed by atoms with E-state index < -0.39 is 30.4 Å². The van der Waals surface area contributed by atoms with Crippen molar-refractivity contribution in [2.24, 2.45) is 0 Å². The van der Waals surface area contributed by atoms with Crippen molar-refractivity contribution >= 4 is 30.4 Å². The van der Waals surface area contributed by atoms with Crippen molar-refractivity contribution in [2.45, 2.75) is 0 Å². The maximum atomic E-state index is 9.08. The second-order valence-electron chi connectivity index (χ2n) is 2.11. The largest absolute Gasteiger partial charge is 3.00 e. The van der Waals surface area contributed by atoms with Crippen LogP contribution in [-0.2, 0) is 52.7 Å². The minimum absolute atomic E-state index is 0. The Labute approximate surface area is 110 Å². The summed E-state index contributed by atoms with van der Waals surface area (Å²) in [5.41, 5.74) is 0.